The fourth-order valence-electron chi connectivity index (χ4n) is 3.10. The van der Waals surface area contributed by atoms with Crippen LogP contribution in [0.3, 0.4) is 0 Å². The third kappa shape index (κ3) is 4.66. The summed E-state index contributed by atoms with van der Waals surface area (Å²) in [5.41, 5.74) is 3.83. The van der Waals surface area contributed by atoms with E-state index in [4.69, 9.17) is 4.99 Å². The second-order valence-corrected chi connectivity index (χ2v) is 10.1. The second-order valence-electron chi connectivity index (χ2n) is 7.11. The standard InChI is InChI=1S/C23H22N4O2S2/c1-26(2)31(28,29)21-12-10-19(11-13-21)22-17-30-23(25-20-8-4-3-5-9-20)27(22)16-18-7-6-14-24-15-18/h3-15,17H,16H2,1-2H3. The van der Waals surface area contributed by atoms with Crippen LogP contribution in [0.15, 0.2) is 94.4 Å². The lowest BCUT2D eigenvalue weighted by Gasteiger charge is -2.13. The van der Waals surface area contributed by atoms with E-state index in [-0.39, 0.29) is 4.90 Å². The molecule has 8 heteroatoms. The molecule has 0 fully saturated rings. The van der Waals surface area contributed by atoms with Crippen molar-refractivity contribution in [2.75, 3.05) is 14.1 Å². The van der Waals surface area contributed by atoms with Crippen LogP contribution >= 0.6 is 11.3 Å². The zero-order chi connectivity index (χ0) is 21.8. The summed E-state index contributed by atoms with van der Waals surface area (Å²) in [4.78, 5) is 10.2. The van der Waals surface area contributed by atoms with E-state index in [1.165, 1.54) is 18.4 Å². The van der Waals surface area contributed by atoms with Gasteiger partial charge in [-0.1, -0.05) is 36.4 Å². The number of aromatic nitrogens is 2. The van der Waals surface area contributed by atoms with Gasteiger partial charge in [-0.15, -0.1) is 11.3 Å². The first-order chi connectivity index (χ1) is 14.9. The van der Waals surface area contributed by atoms with Crippen LogP contribution in [0.5, 0.6) is 0 Å². The molecule has 0 bridgehead atoms. The van der Waals surface area contributed by atoms with Gasteiger partial charge in [-0.25, -0.2) is 17.7 Å². The smallest absolute Gasteiger partial charge is 0.242 e. The molecule has 0 aliphatic rings. The molecule has 0 spiro atoms. The molecule has 158 valence electrons. The fraction of sp³-hybridized carbons (Fsp3) is 0.130. The molecule has 6 nitrogen and oxygen atoms in total. The zero-order valence-corrected chi connectivity index (χ0v) is 18.8. The van der Waals surface area contributed by atoms with Crippen LogP contribution in [0.4, 0.5) is 5.69 Å². The monoisotopic (exact) mass is 450 g/mol. The van der Waals surface area contributed by atoms with Crippen LogP contribution < -0.4 is 4.80 Å². The molecule has 0 amide bonds. The van der Waals surface area contributed by atoms with E-state index < -0.39 is 10.0 Å². The summed E-state index contributed by atoms with van der Waals surface area (Å²) >= 11 is 1.55. The average Bonchev–Trinajstić information content (AvgIpc) is 3.17. The van der Waals surface area contributed by atoms with Crippen molar-refractivity contribution in [1.29, 1.82) is 0 Å². The minimum atomic E-state index is -3.47. The quantitative estimate of drug-likeness (QED) is 0.443. The Morgan fingerprint density at radius 2 is 1.74 bits per heavy atom. The summed E-state index contributed by atoms with van der Waals surface area (Å²) in [5, 5.41) is 2.05. The maximum atomic E-state index is 12.4. The zero-order valence-electron chi connectivity index (χ0n) is 17.2. The van der Waals surface area contributed by atoms with E-state index in [1.54, 1.807) is 29.7 Å². The van der Waals surface area contributed by atoms with E-state index >= 15 is 0 Å². The van der Waals surface area contributed by atoms with Crippen LogP contribution in [0, 0.1) is 0 Å². The molecule has 0 aliphatic heterocycles. The highest BCUT2D eigenvalue weighted by molar-refractivity contribution is 7.89. The van der Waals surface area contributed by atoms with Crippen LogP contribution in [0.2, 0.25) is 0 Å². The molecule has 2 heterocycles. The molecule has 4 rings (SSSR count). The Morgan fingerprint density at radius 3 is 2.39 bits per heavy atom. The predicted octanol–water partition coefficient (Wildman–Crippen LogP) is 4.14. The van der Waals surface area contributed by atoms with Gasteiger partial charge in [0.15, 0.2) is 4.80 Å². The topological polar surface area (TPSA) is 67.6 Å². The summed E-state index contributed by atoms with van der Waals surface area (Å²) in [5.74, 6) is 0. The third-order valence-electron chi connectivity index (χ3n) is 4.77. The van der Waals surface area contributed by atoms with Gasteiger partial charge < -0.3 is 4.57 Å². The van der Waals surface area contributed by atoms with E-state index in [9.17, 15) is 8.42 Å². The summed E-state index contributed by atoms with van der Waals surface area (Å²) in [6.07, 6.45) is 3.59. The second kappa shape index (κ2) is 8.97. The summed E-state index contributed by atoms with van der Waals surface area (Å²) in [7, 11) is -0.409. The lowest BCUT2D eigenvalue weighted by atomic mass is 10.1. The highest BCUT2D eigenvalue weighted by Crippen LogP contribution is 2.24. The van der Waals surface area contributed by atoms with Gasteiger partial charge in [0, 0.05) is 31.9 Å². The highest BCUT2D eigenvalue weighted by atomic mass is 32.2. The number of benzene rings is 2. The average molecular weight is 451 g/mol. The SMILES string of the molecule is CN(C)S(=O)(=O)c1ccc(-c2csc(=Nc3ccccc3)n2Cc2cccnc2)cc1. The van der Waals surface area contributed by atoms with Crippen LogP contribution in [-0.4, -0.2) is 36.4 Å². The molecular weight excluding hydrogens is 428 g/mol. The molecule has 4 aromatic rings. The molecule has 0 N–H and O–H groups in total. The largest absolute Gasteiger partial charge is 0.312 e. The van der Waals surface area contributed by atoms with Gasteiger partial charge in [0.2, 0.25) is 10.0 Å². The van der Waals surface area contributed by atoms with Crippen molar-refractivity contribution >= 4 is 27.0 Å². The Balaban J connectivity index is 1.80. The Bertz CT molecular complexity index is 1330. The number of para-hydroxylation sites is 1. The number of thiazole rings is 1. The lowest BCUT2D eigenvalue weighted by molar-refractivity contribution is 0.521. The van der Waals surface area contributed by atoms with Gasteiger partial charge in [-0.2, -0.15) is 0 Å². The van der Waals surface area contributed by atoms with E-state index in [0.29, 0.717) is 6.54 Å². The minimum absolute atomic E-state index is 0.268. The van der Waals surface area contributed by atoms with Gasteiger partial charge in [0.05, 0.1) is 22.8 Å². The Kier molecular flexibility index (Phi) is 6.13. The van der Waals surface area contributed by atoms with Crippen LogP contribution in [-0.2, 0) is 16.6 Å². The van der Waals surface area contributed by atoms with Crippen LogP contribution in [0.1, 0.15) is 5.56 Å². The summed E-state index contributed by atoms with van der Waals surface area (Å²) in [6.45, 7) is 0.607. The van der Waals surface area contributed by atoms with Crippen molar-refractivity contribution in [3.8, 4) is 11.3 Å². The van der Waals surface area contributed by atoms with Gasteiger partial charge in [-0.3, -0.25) is 4.98 Å². The molecular formula is C23H22N4O2S2. The van der Waals surface area contributed by atoms with Crippen molar-refractivity contribution in [1.82, 2.24) is 13.9 Å². The van der Waals surface area contributed by atoms with Gasteiger partial charge in [0.1, 0.15) is 0 Å². The van der Waals surface area contributed by atoms with Crippen molar-refractivity contribution in [2.24, 2.45) is 4.99 Å². The molecule has 0 aliphatic carbocycles. The number of sulfonamides is 1. The summed E-state index contributed by atoms with van der Waals surface area (Å²) in [6, 6.07) is 20.7. The fourth-order valence-corrected chi connectivity index (χ4v) is 4.93. The lowest BCUT2D eigenvalue weighted by Crippen LogP contribution is -2.22. The van der Waals surface area contributed by atoms with Crippen molar-refractivity contribution in [3.05, 3.63) is 94.9 Å². The van der Waals surface area contributed by atoms with Crippen LogP contribution in [0.25, 0.3) is 11.3 Å². The molecule has 0 saturated heterocycles. The number of hydrogen-bond acceptors (Lipinski definition) is 5. The van der Waals surface area contributed by atoms with Gasteiger partial charge in [-0.05, 0) is 41.5 Å². The first-order valence-electron chi connectivity index (χ1n) is 9.65. The Morgan fingerprint density at radius 1 is 1.00 bits per heavy atom. The number of nitrogens with zero attached hydrogens (tertiary/aromatic N) is 4. The minimum Gasteiger partial charge on any atom is -0.312 e. The number of rotatable bonds is 6. The normalized spacial score (nSPS) is 12.4. The maximum absolute atomic E-state index is 12.4. The molecule has 31 heavy (non-hydrogen) atoms. The third-order valence-corrected chi connectivity index (χ3v) is 7.46. The van der Waals surface area contributed by atoms with E-state index in [2.05, 4.69) is 9.55 Å². The molecule has 0 saturated carbocycles. The van der Waals surface area contributed by atoms with E-state index in [1.807, 2.05) is 66.2 Å². The summed E-state index contributed by atoms with van der Waals surface area (Å²) < 4.78 is 28.1. The van der Waals surface area contributed by atoms with E-state index in [0.717, 1.165) is 27.3 Å². The Hall–Kier alpha value is -3.07. The molecule has 0 atom stereocenters. The number of hydrogen-bond donors (Lipinski definition) is 0. The van der Waals surface area contributed by atoms with Crippen molar-refractivity contribution < 1.29 is 8.42 Å². The predicted molar refractivity (Wildman–Crippen MR) is 124 cm³/mol. The molecule has 2 aromatic heterocycles. The Labute approximate surface area is 185 Å². The molecule has 0 radical (unpaired) electrons. The van der Waals surface area contributed by atoms with Crippen molar-refractivity contribution in [2.45, 2.75) is 11.4 Å². The highest BCUT2D eigenvalue weighted by Gasteiger charge is 2.17. The number of pyridine rings is 1. The molecule has 0 unspecified atom stereocenters. The van der Waals surface area contributed by atoms with Crippen molar-refractivity contribution in [3.63, 3.8) is 0 Å². The van der Waals surface area contributed by atoms with Gasteiger partial charge >= 0.3 is 0 Å². The first-order valence-corrected chi connectivity index (χ1v) is 12.0. The molecule has 2 aromatic carbocycles. The van der Waals surface area contributed by atoms with Gasteiger partial charge in [0.25, 0.3) is 0 Å². The maximum Gasteiger partial charge on any atom is 0.242 e. The first kappa shape index (κ1) is 21.2.